The highest BCUT2D eigenvalue weighted by Crippen LogP contribution is 2.17. The van der Waals surface area contributed by atoms with Crippen molar-refractivity contribution in [2.75, 3.05) is 33.3 Å². The molecule has 3 nitrogen and oxygen atoms in total. The normalized spacial score (nSPS) is 24.2. The zero-order chi connectivity index (χ0) is 10.6. The summed E-state index contributed by atoms with van der Waals surface area (Å²) in [5.41, 5.74) is 0.279. The van der Waals surface area contributed by atoms with E-state index in [0.717, 1.165) is 26.2 Å². The monoisotopic (exact) mass is 200 g/mol. The lowest BCUT2D eigenvalue weighted by Gasteiger charge is -2.38. The molecule has 1 unspecified atom stereocenters. The molecule has 1 rings (SSSR count). The van der Waals surface area contributed by atoms with Gasteiger partial charge < -0.3 is 10.1 Å². The van der Waals surface area contributed by atoms with Gasteiger partial charge in [0, 0.05) is 25.2 Å². The SMILES string of the molecule is CCC(C)(C)N(C)CC1CNCCO1. The topological polar surface area (TPSA) is 24.5 Å². The molecule has 1 saturated heterocycles. The van der Waals surface area contributed by atoms with E-state index in [9.17, 15) is 0 Å². The Balaban J connectivity index is 2.34. The van der Waals surface area contributed by atoms with Gasteiger partial charge >= 0.3 is 0 Å². The largest absolute Gasteiger partial charge is 0.374 e. The van der Waals surface area contributed by atoms with E-state index >= 15 is 0 Å². The molecule has 84 valence electrons. The van der Waals surface area contributed by atoms with Gasteiger partial charge in [0.25, 0.3) is 0 Å². The molecule has 0 amide bonds. The first kappa shape index (κ1) is 12.0. The van der Waals surface area contributed by atoms with Crippen LogP contribution in [0.1, 0.15) is 27.2 Å². The van der Waals surface area contributed by atoms with Crippen molar-refractivity contribution in [2.45, 2.75) is 38.8 Å². The summed E-state index contributed by atoms with van der Waals surface area (Å²) in [5, 5.41) is 3.36. The number of nitrogens with zero attached hydrogens (tertiary/aromatic N) is 1. The number of morpholine rings is 1. The van der Waals surface area contributed by atoms with Crippen molar-refractivity contribution in [1.82, 2.24) is 10.2 Å². The summed E-state index contributed by atoms with van der Waals surface area (Å²) in [6, 6.07) is 0. The first-order chi connectivity index (χ1) is 6.56. The van der Waals surface area contributed by atoms with Gasteiger partial charge in [0.1, 0.15) is 0 Å². The molecule has 1 atom stereocenters. The highest BCUT2D eigenvalue weighted by atomic mass is 16.5. The van der Waals surface area contributed by atoms with Crippen molar-refractivity contribution >= 4 is 0 Å². The summed E-state index contributed by atoms with van der Waals surface area (Å²) < 4.78 is 5.68. The fourth-order valence-electron chi connectivity index (χ4n) is 1.56. The van der Waals surface area contributed by atoms with Gasteiger partial charge in [-0.2, -0.15) is 0 Å². The molecule has 14 heavy (non-hydrogen) atoms. The third-order valence-electron chi connectivity index (χ3n) is 3.38. The number of hydrogen-bond donors (Lipinski definition) is 1. The second-order valence-corrected chi connectivity index (χ2v) is 4.74. The molecule has 0 radical (unpaired) electrons. The van der Waals surface area contributed by atoms with Crippen LogP contribution in [0.2, 0.25) is 0 Å². The standard InChI is InChI=1S/C11H24N2O/c1-5-11(2,3)13(4)9-10-8-12-6-7-14-10/h10,12H,5-9H2,1-4H3. The maximum Gasteiger partial charge on any atom is 0.0826 e. The highest BCUT2D eigenvalue weighted by Gasteiger charge is 2.24. The van der Waals surface area contributed by atoms with Gasteiger partial charge in [-0.25, -0.2) is 0 Å². The van der Waals surface area contributed by atoms with Gasteiger partial charge in [-0.1, -0.05) is 6.92 Å². The molecule has 1 fully saturated rings. The quantitative estimate of drug-likeness (QED) is 0.735. The average Bonchev–Trinajstić information content (AvgIpc) is 2.19. The van der Waals surface area contributed by atoms with Crippen LogP contribution in [0.4, 0.5) is 0 Å². The maximum atomic E-state index is 5.68. The van der Waals surface area contributed by atoms with Crippen molar-refractivity contribution in [3.05, 3.63) is 0 Å². The smallest absolute Gasteiger partial charge is 0.0826 e. The highest BCUT2D eigenvalue weighted by molar-refractivity contribution is 4.81. The molecule has 0 aromatic rings. The molecule has 3 heteroatoms. The van der Waals surface area contributed by atoms with Crippen LogP contribution in [0.15, 0.2) is 0 Å². The van der Waals surface area contributed by atoms with E-state index in [1.54, 1.807) is 0 Å². The second kappa shape index (κ2) is 5.10. The summed E-state index contributed by atoms with van der Waals surface area (Å²) in [7, 11) is 2.18. The minimum absolute atomic E-state index is 0.279. The molecule has 0 aromatic carbocycles. The first-order valence-electron chi connectivity index (χ1n) is 5.60. The first-order valence-corrected chi connectivity index (χ1v) is 5.60. The van der Waals surface area contributed by atoms with Crippen molar-refractivity contribution in [1.29, 1.82) is 0 Å². The third-order valence-corrected chi connectivity index (χ3v) is 3.38. The predicted molar refractivity (Wildman–Crippen MR) is 59.6 cm³/mol. The molecule has 1 aliphatic heterocycles. The lowest BCUT2D eigenvalue weighted by atomic mass is 9.99. The van der Waals surface area contributed by atoms with E-state index < -0.39 is 0 Å². The minimum atomic E-state index is 0.279. The van der Waals surface area contributed by atoms with Crippen LogP contribution in [0, 0.1) is 0 Å². The Bertz CT molecular complexity index is 165. The zero-order valence-corrected chi connectivity index (χ0v) is 9.97. The Morgan fingerprint density at radius 3 is 2.71 bits per heavy atom. The second-order valence-electron chi connectivity index (χ2n) is 4.74. The molecule has 0 aromatic heterocycles. The Morgan fingerprint density at radius 1 is 1.50 bits per heavy atom. The van der Waals surface area contributed by atoms with Crippen molar-refractivity contribution < 1.29 is 4.74 Å². The summed E-state index contributed by atoms with van der Waals surface area (Å²) in [4.78, 5) is 2.39. The van der Waals surface area contributed by atoms with Crippen LogP contribution < -0.4 is 5.32 Å². The third kappa shape index (κ3) is 3.23. The molecule has 0 bridgehead atoms. The van der Waals surface area contributed by atoms with Crippen LogP contribution in [-0.2, 0) is 4.74 Å². The molecule has 1 N–H and O–H groups in total. The predicted octanol–water partition coefficient (Wildman–Crippen LogP) is 1.10. The fraction of sp³-hybridized carbons (Fsp3) is 1.00. The molecule has 1 heterocycles. The van der Waals surface area contributed by atoms with Gasteiger partial charge in [-0.3, -0.25) is 4.90 Å². The van der Waals surface area contributed by atoms with Crippen LogP contribution in [0.5, 0.6) is 0 Å². The Morgan fingerprint density at radius 2 is 2.21 bits per heavy atom. The fourth-order valence-corrected chi connectivity index (χ4v) is 1.56. The number of likely N-dealkylation sites (N-methyl/N-ethyl adjacent to an activating group) is 1. The minimum Gasteiger partial charge on any atom is -0.374 e. The van der Waals surface area contributed by atoms with Crippen LogP contribution >= 0.6 is 0 Å². The van der Waals surface area contributed by atoms with Gasteiger partial charge in [-0.15, -0.1) is 0 Å². The van der Waals surface area contributed by atoms with Crippen LogP contribution in [-0.4, -0.2) is 49.8 Å². The van der Waals surface area contributed by atoms with Gasteiger partial charge in [0.05, 0.1) is 12.7 Å². The zero-order valence-electron chi connectivity index (χ0n) is 9.97. The van der Waals surface area contributed by atoms with Gasteiger partial charge in [0.15, 0.2) is 0 Å². The van der Waals surface area contributed by atoms with Crippen LogP contribution in [0.25, 0.3) is 0 Å². The molecule has 0 spiro atoms. The Hall–Kier alpha value is -0.120. The summed E-state index contributed by atoms with van der Waals surface area (Å²) in [6.45, 7) is 10.7. The van der Waals surface area contributed by atoms with Gasteiger partial charge in [-0.05, 0) is 27.3 Å². The lowest BCUT2D eigenvalue weighted by Crippen LogP contribution is -2.50. The molecule has 0 aliphatic carbocycles. The lowest BCUT2D eigenvalue weighted by molar-refractivity contribution is -0.00886. The summed E-state index contributed by atoms with van der Waals surface area (Å²) in [6.07, 6.45) is 1.53. The molecule has 0 saturated carbocycles. The van der Waals surface area contributed by atoms with Crippen molar-refractivity contribution in [3.8, 4) is 0 Å². The molecule has 1 aliphatic rings. The van der Waals surface area contributed by atoms with E-state index in [2.05, 4.69) is 38.0 Å². The molecular weight excluding hydrogens is 176 g/mol. The average molecular weight is 200 g/mol. The number of rotatable bonds is 4. The Kier molecular flexibility index (Phi) is 4.35. The van der Waals surface area contributed by atoms with E-state index in [0.29, 0.717) is 6.10 Å². The summed E-state index contributed by atoms with van der Waals surface area (Å²) in [5.74, 6) is 0. The number of nitrogens with one attached hydrogen (secondary N) is 1. The Labute approximate surface area is 87.8 Å². The number of ether oxygens (including phenoxy) is 1. The van der Waals surface area contributed by atoms with E-state index in [1.807, 2.05) is 0 Å². The van der Waals surface area contributed by atoms with Gasteiger partial charge in [0.2, 0.25) is 0 Å². The van der Waals surface area contributed by atoms with Crippen molar-refractivity contribution in [2.24, 2.45) is 0 Å². The molecular formula is C11H24N2O. The number of hydrogen-bond acceptors (Lipinski definition) is 3. The van der Waals surface area contributed by atoms with Crippen LogP contribution in [0.3, 0.4) is 0 Å². The van der Waals surface area contributed by atoms with E-state index in [-0.39, 0.29) is 5.54 Å². The summed E-state index contributed by atoms with van der Waals surface area (Å²) >= 11 is 0. The van der Waals surface area contributed by atoms with Crippen molar-refractivity contribution in [3.63, 3.8) is 0 Å². The van der Waals surface area contributed by atoms with E-state index in [1.165, 1.54) is 6.42 Å². The maximum absolute atomic E-state index is 5.68. The van der Waals surface area contributed by atoms with E-state index in [4.69, 9.17) is 4.74 Å².